The summed E-state index contributed by atoms with van der Waals surface area (Å²) in [6.07, 6.45) is 8.43. The number of halogens is 2. The number of benzene rings is 1. The van der Waals surface area contributed by atoms with Crippen molar-refractivity contribution in [2.75, 3.05) is 0 Å². The van der Waals surface area contributed by atoms with Crippen molar-refractivity contribution >= 4 is 40.5 Å². The van der Waals surface area contributed by atoms with E-state index in [-0.39, 0.29) is 0 Å². The molecule has 0 amide bonds. The van der Waals surface area contributed by atoms with Crippen molar-refractivity contribution < 1.29 is 0 Å². The van der Waals surface area contributed by atoms with Crippen LogP contribution in [-0.2, 0) is 6.54 Å². The molecular formula is C14H14Cl2N2S. The average molecular weight is 313 g/mol. The van der Waals surface area contributed by atoms with Gasteiger partial charge in [-0.1, -0.05) is 35.4 Å². The molecular weight excluding hydrogens is 299 g/mol. The highest BCUT2D eigenvalue weighted by molar-refractivity contribution is 7.80. The van der Waals surface area contributed by atoms with Gasteiger partial charge in [-0.05, 0) is 54.9 Å². The van der Waals surface area contributed by atoms with Crippen LogP contribution < -0.4 is 10.6 Å². The van der Waals surface area contributed by atoms with E-state index < -0.39 is 0 Å². The maximum Gasteiger partial charge on any atom is 0.171 e. The maximum atomic E-state index is 5.94. The fraction of sp³-hybridized carbons (Fsp3) is 0.214. The minimum Gasteiger partial charge on any atom is -0.358 e. The van der Waals surface area contributed by atoms with E-state index in [1.54, 1.807) is 6.07 Å². The molecule has 0 saturated heterocycles. The molecule has 2 N–H and O–H groups in total. The van der Waals surface area contributed by atoms with Crippen LogP contribution in [0.25, 0.3) is 0 Å². The average Bonchev–Trinajstić information content (AvgIpc) is 2.36. The zero-order valence-electron chi connectivity index (χ0n) is 10.2. The lowest BCUT2D eigenvalue weighted by molar-refractivity contribution is 0.885. The lowest BCUT2D eigenvalue weighted by atomic mass is 10.1. The Morgan fingerprint density at radius 1 is 1.16 bits per heavy atom. The largest absolute Gasteiger partial charge is 0.358 e. The first-order chi connectivity index (χ1) is 9.13. The first-order valence-corrected chi connectivity index (χ1v) is 7.16. The predicted octanol–water partition coefficient (Wildman–Crippen LogP) is 4.19. The van der Waals surface area contributed by atoms with E-state index in [0.717, 1.165) is 24.1 Å². The molecule has 1 aromatic rings. The van der Waals surface area contributed by atoms with E-state index in [1.807, 2.05) is 18.2 Å². The van der Waals surface area contributed by atoms with Gasteiger partial charge in [0.1, 0.15) is 0 Å². The maximum absolute atomic E-state index is 5.94. The Morgan fingerprint density at radius 3 is 2.53 bits per heavy atom. The van der Waals surface area contributed by atoms with Crippen LogP contribution in [0.1, 0.15) is 18.4 Å². The second-order valence-electron chi connectivity index (χ2n) is 4.22. The molecule has 0 unspecified atom stereocenters. The van der Waals surface area contributed by atoms with Crippen molar-refractivity contribution in [3.8, 4) is 0 Å². The van der Waals surface area contributed by atoms with Crippen LogP contribution in [-0.4, -0.2) is 5.11 Å². The zero-order valence-corrected chi connectivity index (χ0v) is 12.6. The zero-order chi connectivity index (χ0) is 13.7. The Labute approximate surface area is 128 Å². The topological polar surface area (TPSA) is 24.1 Å². The van der Waals surface area contributed by atoms with Crippen LogP contribution in [0.3, 0.4) is 0 Å². The number of allylic oxidation sites excluding steroid dienone is 3. The van der Waals surface area contributed by atoms with Crippen molar-refractivity contribution in [1.29, 1.82) is 0 Å². The molecule has 1 aromatic carbocycles. The normalized spacial score (nSPS) is 13.9. The van der Waals surface area contributed by atoms with Crippen molar-refractivity contribution in [1.82, 2.24) is 10.6 Å². The van der Waals surface area contributed by atoms with Crippen molar-refractivity contribution in [3.63, 3.8) is 0 Å². The first-order valence-electron chi connectivity index (χ1n) is 6.00. The Bertz CT molecular complexity index is 518. The van der Waals surface area contributed by atoms with E-state index in [1.165, 1.54) is 0 Å². The van der Waals surface area contributed by atoms with E-state index in [9.17, 15) is 0 Å². The number of nitrogens with one attached hydrogen (secondary N) is 2. The first kappa shape index (κ1) is 14.4. The number of hydrogen-bond acceptors (Lipinski definition) is 1. The molecule has 1 aliphatic carbocycles. The summed E-state index contributed by atoms with van der Waals surface area (Å²) in [5.74, 6) is 0. The molecule has 0 aromatic heterocycles. The molecule has 0 radical (unpaired) electrons. The van der Waals surface area contributed by atoms with Crippen molar-refractivity contribution in [3.05, 3.63) is 57.7 Å². The molecule has 0 heterocycles. The van der Waals surface area contributed by atoms with Gasteiger partial charge in [-0.15, -0.1) is 0 Å². The molecule has 0 aliphatic heterocycles. The van der Waals surface area contributed by atoms with Gasteiger partial charge in [-0.2, -0.15) is 0 Å². The summed E-state index contributed by atoms with van der Waals surface area (Å²) >= 11 is 17.1. The molecule has 5 heteroatoms. The second-order valence-corrected chi connectivity index (χ2v) is 5.51. The third-order valence-corrected chi connectivity index (χ3v) is 3.31. The van der Waals surface area contributed by atoms with E-state index in [0.29, 0.717) is 21.7 Å². The third-order valence-electron chi connectivity index (χ3n) is 2.63. The highest BCUT2D eigenvalue weighted by atomic mass is 35.5. The quantitative estimate of drug-likeness (QED) is 0.818. The monoisotopic (exact) mass is 312 g/mol. The summed E-state index contributed by atoms with van der Waals surface area (Å²) < 4.78 is 0. The van der Waals surface area contributed by atoms with E-state index in [2.05, 4.69) is 22.8 Å². The molecule has 2 rings (SSSR count). The smallest absolute Gasteiger partial charge is 0.171 e. The molecule has 0 saturated carbocycles. The van der Waals surface area contributed by atoms with Gasteiger partial charge in [0.2, 0.25) is 0 Å². The van der Waals surface area contributed by atoms with Crippen molar-refractivity contribution in [2.45, 2.75) is 19.4 Å². The van der Waals surface area contributed by atoms with Gasteiger partial charge in [0, 0.05) is 22.3 Å². The van der Waals surface area contributed by atoms with E-state index >= 15 is 0 Å². The van der Waals surface area contributed by atoms with Crippen LogP contribution >= 0.6 is 35.4 Å². The molecule has 2 nitrogen and oxygen atoms in total. The third kappa shape index (κ3) is 4.86. The lowest BCUT2D eigenvalue weighted by Crippen LogP contribution is -2.34. The molecule has 100 valence electrons. The van der Waals surface area contributed by atoms with Crippen LogP contribution in [0.2, 0.25) is 10.0 Å². The Kier molecular flexibility index (Phi) is 5.25. The summed E-state index contributed by atoms with van der Waals surface area (Å²) in [5.41, 5.74) is 2.03. The Hall–Kier alpha value is -1.03. The minimum absolute atomic E-state index is 0.586. The molecule has 0 atom stereocenters. The summed E-state index contributed by atoms with van der Waals surface area (Å²) in [7, 11) is 0. The molecule has 0 fully saturated rings. The van der Waals surface area contributed by atoms with Crippen molar-refractivity contribution in [2.24, 2.45) is 0 Å². The standard InChI is InChI=1S/C14H14Cl2N2S/c15-11-6-10(7-12(16)8-11)9-17-14(19)18-13-4-2-1-3-5-13/h2,4-8H,1,3,9H2,(H2,17,18,19). The number of thiocarbonyl (C=S) groups is 1. The molecule has 19 heavy (non-hydrogen) atoms. The minimum atomic E-state index is 0.586. The van der Waals surface area contributed by atoms with Gasteiger partial charge in [0.15, 0.2) is 5.11 Å². The molecule has 0 spiro atoms. The van der Waals surface area contributed by atoms with Crippen LogP contribution in [0.15, 0.2) is 42.1 Å². The van der Waals surface area contributed by atoms with Gasteiger partial charge in [-0.3, -0.25) is 0 Å². The van der Waals surface area contributed by atoms with Gasteiger partial charge >= 0.3 is 0 Å². The summed E-state index contributed by atoms with van der Waals surface area (Å²) in [4.78, 5) is 0. The van der Waals surface area contributed by atoms with Gasteiger partial charge in [0.05, 0.1) is 0 Å². The Balaban J connectivity index is 1.86. The summed E-state index contributed by atoms with van der Waals surface area (Å²) in [6.45, 7) is 0.586. The molecule has 0 bridgehead atoms. The number of hydrogen-bond donors (Lipinski definition) is 2. The summed E-state index contributed by atoms with van der Waals surface area (Å²) in [6, 6.07) is 5.44. The predicted molar refractivity (Wildman–Crippen MR) is 85.5 cm³/mol. The van der Waals surface area contributed by atoms with Gasteiger partial charge in [-0.25, -0.2) is 0 Å². The summed E-state index contributed by atoms with van der Waals surface area (Å²) in [5, 5.41) is 8.12. The van der Waals surface area contributed by atoms with Gasteiger partial charge in [0.25, 0.3) is 0 Å². The Morgan fingerprint density at radius 2 is 1.89 bits per heavy atom. The molecule has 1 aliphatic rings. The lowest BCUT2D eigenvalue weighted by Gasteiger charge is -2.13. The van der Waals surface area contributed by atoms with Crippen LogP contribution in [0.4, 0.5) is 0 Å². The SMILES string of the molecule is S=C(NCc1cc(Cl)cc(Cl)c1)NC1=CCCC=C1. The van der Waals surface area contributed by atoms with Crippen LogP contribution in [0.5, 0.6) is 0 Å². The van der Waals surface area contributed by atoms with E-state index in [4.69, 9.17) is 35.4 Å². The highest BCUT2D eigenvalue weighted by Gasteiger charge is 2.02. The fourth-order valence-corrected chi connectivity index (χ4v) is 2.54. The number of rotatable bonds is 3. The second kappa shape index (κ2) is 6.94. The fourth-order valence-electron chi connectivity index (χ4n) is 1.78. The highest BCUT2D eigenvalue weighted by Crippen LogP contribution is 2.18. The van der Waals surface area contributed by atoms with Gasteiger partial charge < -0.3 is 10.6 Å². The van der Waals surface area contributed by atoms with Crippen LogP contribution in [0, 0.1) is 0 Å².